The van der Waals surface area contributed by atoms with Crippen LogP contribution in [0, 0.1) is 0 Å². The summed E-state index contributed by atoms with van der Waals surface area (Å²) in [5.41, 5.74) is 2.38. The van der Waals surface area contributed by atoms with Crippen LogP contribution in [0.15, 0.2) is 64.3 Å². The fraction of sp³-hybridized carbons (Fsp3) is 0.200. The highest BCUT2D eigenvalue weighted by atomic mass is 16.3. The van der Waals surface area contributed by atoms with Crippen molar-refractivity contribution >= 4 is 27.8 Å². The van der Waals surface area contributed by atoms with Crippen LogP contribution < -0.4 is 10.9 Å². The summed E-state index contributed by atoms with van der Waals surface area (Å²) in [6, 6.07) is 11.6. The number of carbonyl (C=O) groups excluding carboxylic acids is 1. The van der Waals surface area contributed by atoms with Crippen LogP contribution in [-0.2, 0) is 17.8 Å². The summed E-state index contributed by atoms with van der Waals surface area (Å²) in [5, 5.41) is 4.81. The predicted octanol–water partition coefficient (Wildman–Crippen LogP) is 2.82. The highest BCUT2D eigenvalue weighted by molar-refractivity contribution is 5.84. The molecule has 0 saturated heterocycles. The normalized spacial score (nSPS) is 11.2. The Morgan fingerprint density at radius 1 is 1.19 bits per heavy atom. The van der Waals surface area contributed by atoms with Crippen LogP contribution in [-0.4, -0.2) is 22.0 Å². The van der Waals surface area contributed by atoms with Crippen LogP contribution in [0.3, 0.4) is 0 Å². The minimum absolute atomic E-state index is 0.0255. The molecule has 3 heterocycles. The SMILES string of the molecule is O=C(CCc1c[nH]c2ccccc12)NCCn1ccc2ccoc2c1=O. The highest BCUT2D eigenvalue weighted by Gasteiger charge is 2.08. The Labute approximate surface area is 149 Å². The number of benzene rings is 1. The van der Waals surface area contributed by atoms with E-state index in [4.69, 9.17) is 4.42 Å². The van der Waals surface area contributed by atoms with E-state index in [0.717, 1.165) is 21.9 Å². The van der Waals surface area contributed by atoms with Gasteiger partial charge in [0.05, 0.1) is 6.26 Å². The molecule has 2 N–H and O–H groups in total. The Morgan fingerprint density at radius 3 is 3.00 bits per heavy atom. The van der Waals surface area contributed by atoms with E-state index in [1.54, 1.807) is 16.8 Å². The molecule has 1 aromatic carbocycles. The van der Waals surface area contributed by atoms with Gasteiger partial charge in [0.15, 0.2) is 5.58 Å². The van der Waals surface area contributed by atoms with Crippen LogP contribution >= 0.6 is 0 Å². The Hall–Kier alpha value is -3.28. The van der Waals surface area contributed by atoms with Gasteiger partial charge in [-0.15, -0.1) is 0 Å². The lowest BCUT2D eigenvalue weighted by Crippen LogP contribution is -2.30. The third-order valence-electron chi connectivity index (χ3n) is 4.56. The Balaban J connectivity index is 1.31. The number of carbonyl (C=O) groups is 1. The van der Waals surface area contributed by atoms with Gasteiger partial charge in [-0.25, -0.2) is 0 Å². The molecule has 0 bridgehead atoms. The van der Waals surface area contributed by atoms with E-state index < -0.39 is 0 Å². The number of hydrogen-bond donors (Lipinski definition) is 2. The second-order valence-electron chi connectivity index (χ2n) is 6.23. The molecule has 0 aliphatic rings. The van der Waals surface area contributed by atoms with Crippen LogP contribution in [0.4, 0.5) is 0 Å². The van der Waals surface area contributed by atoms with Crippen molar-refractivity contribution in [1.82, 2.24) is 14.9 Å². The number of furan rings is 1. The summed E-state index contributed by atoms with van der Waals surface area (Å²) in [6.45, 7) is 0.813. The number of pyridine rings is 1. The zero-order valence-electron chi connectivity index (χ0n) is 14.2. The maximum Gasteiger partial charge on any atom is 0.294 e. The van der Waals surface area contributed by atoms with Crippen molar-refractivity contribution in [2.45, 2.75) is 19.4 Å². The van der Waals surface area contributed by atoms with E-state index in [9.17, 15) is 9.59 Å². The third-order valence-corrected chi connectivity index (χ3v) is 4.56. The fourth-order valence-electron chi connectivity index (χ4n) is 3.16. The topological polar surface area (TPSA) is 80.0 Å². The van der Waals surface area contributed by atoms with Gasteiger partial charge in [-0.3, -0.25) is 9.59 Å². The molecule has 132 valence electrons. The van der Waals surface area contributed by atoms with Crippen molar-refractivity contribution in [3.63, 3.8) is 0 Å². The Kier molecular flexibility index (Phi) is 4.31. The Morgan fingerprint density at radius 2 is 2.08 bits per heavy atom. The van der Waals surface area contributed by atoms with Gasteiger partial charge in [0, 0.05) is 48.2 Å². The molecule has 4 aromatic rings. The lowest BCUT2D eigenvalue weighted by atomic mass is 10.1. The molecular formula is C20H19N3O3. The summed E-state index contributed by atoms with van der Waals surface area (Å²) in [7, 11) is 0. The van der Waals surface area contributed by atoms with Crippen molar-refractivity contribution < 1.29 is 9.21 Å². The number of aromatic amines is 1. The number of nitrogens with zero attached hydrogens (tertiary/aromatic N) is 1. The number of H-pyrrole nitrogens is 1. The molecule has 0 radical (unpaired) electrons. The number of rotatable bonds is 6. The number of amides is 1. The van der Waals surface area contributed by atoms with Crippen LogP contribution in [0.5, 0.6) is 0 Å². The second kappa shape index (κ2) is 6.92. The summed E-state index contributed by atoms with van der Waals surface area (Å²) in [5.74, 6) is -0.0255. The number of nitrogens with one attached hydrogen (secondary N) is 2. The third kappa shape index (κ3) is 3.13. The van der Waals surface area contributed by atoms with Crippen LogP contribution in [0.25, 0.3) is 21.9 Å². The van der Waals surface area contributed by atoms with E-state index in [-0.39, 0.29) is 11.5 Å². The van der Waals surface area contributed by atoms with Crippen molar-refractivity contribution in [2.75, 3.05) is 6.54 Å². The average Bonchev–Trinajstić information content (AvgIpc) is 3.29. The maximum atomic E-state index is 12.2. The maximum absolute atomic E-state index is 12.2. The first-order valence-corrected chi connectivity index (χ1v) is 8.61. The minimum atomic E-state index is -0.180. The standard InChI is InChI=1S/C20H19N3O3/c24-18(6-5-15-13-22-17-4-2-1-3-16(15)17)21-9-11-23-10-7-14-8-12-26-19(14)20(23)25/h1-4,7-8,10,12-13,22H,5-6,9,11H2,(H,21,24). The van der Waals surface area contributed by atoms with Gasteiger partial charge in [0.2, 0.25) is 5.91 Å². The minimum Gasteiger partial charge on any atom is -0.459 e. The average molecular weight is 349 g/mol. The lowest BCUT2D eigenvalue weighted by Gasteiger charge is -2.07. The van der Waals surface area contributed by atoms with Crippen molar-refractivity contribution in [3.05, 3.63) is 71.0 Å². The van der Waals surface area contributed by atoms with E-state index in [1.807, 2.05) is 30.5 Å². The highest BCUT2D eigenvalue weighted by Crippen LogP contribution is 2.18. The molecular weight excluding hydrogens is 330 g/mol. The molecule has 0 spiro atoms. The van der Waals surface area contributed by atoms with Gasteiger partial charge in [-0.1, -0.05) is 18.2 Å². The molecule has 0 unspecified atom stereocenters. The van der Waals surface area contributed by atoms with Crippen LogP contribution in [0.2, 0.25) is 0 Å². The molecule has 6 heteroatoms. The number of hydrogen-bond acceptors (Lipinski definition) is 3. The summed E-state index contributed by atoms with van der Waals surface area (Å²) in [4.78, 5) is 27.5. The summed E-state index contributed by atoms with van der Waals surface area (Å²) >= 11 is 0. The van der Waals surface area contributed by atoms with Crippen molar-refractivity contribution in [1.29, 1.82) is 0 Å². The van der Waals surface area contributed by atoms with Crippen molar-refractivity contribution in [2.24, 2.45) is 0 Å². The first kappa shape index (κ1) is 16.2. The molecule has 0 saturated carbocycles. The van der Waals surface area contributed by atoms with Crippen LogP contribution in [0.1, 0.15) is 12.0 Å². The summed E-state index contributed by atoms with van der Waals surface area (Å²) in [6.07, 6.45) is 6.26. The summed E-state index contributed by atoms with van der Waals surface area (Å²) < 4.78 is 6.76. The fourth-order valence-corrected chi connectivity index (χ4v) is 3.16. The molecule has 26 heavy (non-hydrogen) atoms. The molecule has 6 nitrogen and oxygen atoms in total. The lowest BCUT2D eigenvalue weighted by molar-refractivity contribution is -0.121. The van der Waals surface area contributed by atoms with Gasteiger partial charge >= 0.3 is 0 Å². The zero-order valence-corrected chi connectivity index (χ0v) is 14.2. The number of fused-ring (bicyclic) bond motifs is 2. The molecule has 1 amide bonds. The number of aryl methyl sites for hydroxylation is 1. The smallest absolute Gasteiger partial charge is 0.294 e. The molecule has 0 atom stereocenters. The quantitative estimate of drug-likeness (QED) is 0.562. The monoisotopic (exact) mass is 349 g/mol. The molecule has 0 aliphatic heterocycles. The van der Waals surface area contributed by atoms with E-state index in [1.165, 1.54) is 6.26 Å². The van der Waals surface area contributed by atoms with E-state index in [2.05, 4.69) is 16.4 Å². The molecule has 0 fully saturated rings. The first-order chi connectivity index (χ1) is 12.7. The predicted molar refractivity (Wildman–Crippen MR) is 100 cm³/mol. The van der Waals surface area contributed by atoms with Gasteiger partial charge in [0.1, 0.15) is 0 Å². The van der Waals surface area contributed by atoms with E-state index in [0.29, 0.717) is 31.5 Å². The molecule has 3 aromatic heterocycles. The zero-order chi connectivity index (χ0) is 17.9. The van der Waals surface area contributed by atoms with Gasteiger partial charge in [0.25, 0.3) is 5.56 Å². The second-order valence-corrected chi connectivity index (χ2v) is 6.23. The number of aromatic nitrogens is 2. The van der Waals surface area contributed by atoms with Crippen molar-refractivity contribution in [3.8, 4) is 0 Å². The molecule has 4 rings (SSSR count). The van der Waals surface area contributed by atoms with Gasteiger partial charge in [-0.2, -0.15) is 0 Å². The number of para-hydroxylation sites is 1. The molecule has 0 aliphatic carbocycles. The first-order valence-electron chi connectivity index (χ1n) is 8.61. The van der Waals surface area contributed by atoms with Gasteiger partial charge in [-0.05, 0) is 30.2 Å². The van der Waals surface area contributed by atoms with E-state index >= 15 is 0 Å². The largest absolute Gasteiger partial charge is 0.459 e. The Bertz CT molecular complexity index is 1120. The van der Waals surface area contributed by atoms with Gasteiger partial charge < -0.3 is 19.3 Å².